The van der Waals surface area contributed by atoms with Gasteiger partial charge in [0, 0.05) is 84.9 Å². The standard InChI is InChI=1S/C58H70N8O11/c1-33(67)37-14-17-44-38(28-37)29-47(60-44)53(72)62-46-18-16-40(68)30-39-15-20-49(66(39)58(46)77)55(74)61-45(19-22-51(59)70)50(69)31-42(35-9-3-2-4-10-35)56(75)64-26-24-34(25-27-64)8-5-6-11-36-12-7-13-41-43(36)32-65(57(41)76)48-21-23-52(71)63-54(48)73/h7,12-14,17,28-29,34-35,39-40,42,45-46,48-49,60,68H,2-5,8-10,15-16,18-27,30-32H2,1H3,(H2,59,70)(H,61,74)(H,62,72)(H,63,71,73)/t39-,40+,42+,45+,46+,48?,49+/m1/s1. The molecular formula is C58H70N8O11. The Morgan fingerprint density at radius 1 is 0.896 bits per heavy atom. The van der Waals surface area contributed by atoms with Crippen molar-refractivity contribution in [2.45, 2.75) is 172 Å². The van der Waals surface area contributed by atoms with Crippen LogP contribution in [0.5, 0.6) is 0 Å². The minimum Gasteiger partial charge on any atom is -0.393 e. The fourth-order valence-electron chi connectivity index (χ4n) is 12.7. The highest BCUT2D eigenvalue weighted by Gasteiger charge is 2.47. The van der Waals surface area contributed by atoms with Gasteiger partial charge in [-0.25, -0.2) is 0 Å². The molecule has 5 fully saturated rings. The molecule has 19 heteroatoms. The van der Waals surface area contributed by atoms with E-state index < -0.39 is 77.6 Å². The van der Waals surface area contributed by atoms with Crippen LogP contribution in [-0.2, 0) is 40.1 Å². The molecule has 9 rings (SSSR count). The van der Waals surface area contributed by atoms with E-state index in [9.17, 15) is 53.1 Å². The Morgan fingerprint density at radius 2 is 1.68 bits per heavy atom. The number of carbonyl (C=O) groups is 10. The second kappa shape index (κ2) is 24.0. The summed E-state index contributed by atoms with van der Waals surface area (Å²) in [4.78, 5) is 141. The number of aromatic nitrogens is 1. The van der Waals surface area contributed by atoms with Gasteiger partial charge in [-0.2, -0.15) is 0 Å². The molecule has 2 aromatic carbocycles. The number of hydrogen-bond acceptors (Lipinski definition) is 11. The summed E-state index contributed by atoms with van der Waals surface area (Å²) in [6, 6.07) is 7.51. The maximum absolute atomic E-state index is 14.6. The van der Waals surface area contributed by atoms with Gasteiger partial charge in [-0.15, -0.1) is 0 Å². The number of ketones is 2. The van der Waals surface area contributed by atoms with Crippen LogP contribution in [0.15, 0.2) is 42.5 Å². The molecule has 0 spiro atoms. The molecule has 1 aliphatic carbocycles. The van der Waals surface area contributed by atoms with Gasteiger partial charge in [-0.05, 0) is 138 Å². The van der Waals surface area contributed by atoms with Crippen LogP contribution >= 0.6 is 0 Å². The van der Waals surface area contributed by atoms with Gasteiger partial charge in [0.1, 0.15) is 23.8 Å². The Balaban J connectivity index is 0.822. The van der Waals surface area contributed by atoms with Crippen molar-refractivity contribution < 1.29 is 53.1 Å². The van der Waals surface area contributed by atoms with Gasteiger partial charge in [0.25, 0.3) is 11.8 Å². The monoisotopic (exact) mass is 1050 g/mol. The van der Waals surface area contributed by atoms with E-state index in [0.29, 0.717) is 53.9 Å². The number of H-pyrrole nitrogens is 1. The number of benzene rings is 2. The number of aliphatic hydroxyl groups is 1. The zero-order chi connectivity index (χ0) is 54.5. The van der Waals surface area contributed by atoms with Crippen LogP contribution < -0.4 is 21.7 Å². The number of nitrogens with one attached hydrogen (secondary N) is 4. The van der Waals surface area contributed by atoms with Crippen molar-refractivity contribution in [3.63, 3.8) is 0 Å². The second-order valence-electron chi connectivity index (χ2n) is 22.1. The van der Waals surface area contributed by atoms with Gasteiger partial charge in [0.05, 0.1) is 12.1 Å². The number of nitrogens with zero attached hydrogens (tertiary/aromatic N) is 3. The molecule has 5 aliphatic heterocycles. The smallest absolute Gasteiger partial charge is 0.268 e. The lowest BCUT2D eigenvalue weighted by molar-refractivity contribution is -0.145. The Morgan fingerprint density at radius 3 is 2.42 bits per heavy atom. The zero-order valence-electron chi connectivity index (χ0n) is 43.7. The van der Waals surface area contributed by atoms with Gasteiger partial charge < -0.3 is 41.2 Å². The molecule has 0 bridgehead atoms. The predicted octanol–water partition coefficient (Wildman–Crippen LogP) is 4.11. The first-order valence-electron chi connectivity index (χ1n) is 27.6. The molecule has 6 aliphatic rings. The van der Waals surface area contributed by atoms with Crippen LogP contribution in [0.25, 0.3) is 10.9 Å². The lowest BCUT2D eigenvalue weighted by Gasteiger charge is -2.38. The highest BCUT2D eigenvalue weighted by molar-refractivity contribution is 6.06. The maximum Gasteiger partial charge on any atom is 0.268 e. The Bertz CT molecular complexity index is 2910. The summed E-state index contributed by atoms with van der Waals surface area (Å²) in [5, 5.41) is 19.7. The molecule has 6 heterocycles. The van der Waals surface area contributed by atoms with Gasteiger partial charge >= 0.3 is 0 Å². The highest BCUT2D eigenvalue weighted by atomic mass is 16.3. The normalized spacial score (nSPS) is 23.9. The Labute approximate surface area is 447 Å². The number of rotatable bonds is 16. The van der Waals surface area contributed by atoms with Crippen LogP contribution in [0, 0.1) is 29.6 Å². The average molecular weight is 1060 g/mol. The van der Waals surface area contributed by atoms with Crippen LogP contribution in [0.4, 0.5) is 0 Å². The molecule has 1 saturated carbocycles. The molecule has 3 aromatic rings. The zero-order valence-corrected chi connectivity index (χ0v) is 43.7. The van der Waals surface area contributed by atoms with Gasteiger partial charge in [0.15, 0.2) is 11.6 Å². The topological polar surface area (TPSA) is 279 Å². The fraction of sp³-hybridized carbons (Fsp3) is 0.552. The van der Waals surface area contributed by atoms with Crippen molar-refractivity contribution in [1.29, 1.82) is 0 Å². The summed E-state index contributed by atoms with van der Waals surface area (Å²) in [6.45, 7) is 2.74. The molecule has 7 atom stereocenters. The number of aromatic amines is 1. The Hall–Kier alpha value is -7.20. The minimum absolute atomic E-state index is 0.0401. The molecular weight excluding hydrogens is 985 g/mol. The molecule has 0 radical (unpaired) electrons. The van der Waals surface area contributed by atoms with Crippen molar-refractivity contribution in [3.05, 3.63) is 70.4 Å². The van der Waals surface area contributed by atoms with E-state index in [1.807, 2.05) is 11.0 Å². The molecule has 1 unspecified atom stereocenters. The molecule has 4 saturated heterocycles. The first-order valence-corrected chi connectivity index (χ1v) is 27.6. The van der Waals surface area contributed by atoms with E-state index >= 15 is 0 Å². The Kier molecular flexibility index (Phi) is 17.0. The predicted molar refractivity (Wildman–Crippen MR) is 281 cm³/mol. The van der Waals surface area contributed by atoms with Gasteiger partial charge in [-0.1, -0.05) is 37.2 Å². The van der Waals surface area contributed by atoms with Crippen molar-refractivity contribution >= 4 is 69.7 Å². The van der Waals surface area contributed by atoms with Crippen molar-refractivity contribution in [2.75, 3.05) is 13.1 Å². The van der Waals surface area contributed by atoms with Crippen molar-refractivity contribution in [2.24, 2.45) is 23.5 Å². The van der Waals surface area contributed by atoms with Crippen LogP contribution in [0.2, 0.25) is 0 Å². The fourth-order valence-corrected chi connectivity index (χ4v) is 12.7. The number of aliphatic hydroxyl groups excluding tert-OH is 1. The summed E-state index contributed by atoms with van der Waals surface area (Å²) >= 11 is 0. The number of fused-ring (bicyclic) bond motifs is 3. The summed E-state index contributed by atoms with van der Waals surface area (Å²) in [7, 11) is 0. The molecule has 408 valence electrons. The van der Waals surface area contributed by atoms with Crippen molar-refractivity contribution in [1.82, 2.24) is 35.6 Å². The SMILES string of the molecule is CC(=O)c1ccc2[nH]c(C(=O)N[C@H]3CC[C@H](O)C[C@H]4CC[C@@H](C(=O)N[C@@H](CCC(N)=O)C(=O)C[C@H](C(=O)N5CCC(CCC#Cc6cccc7c6CN(C6CCC(=O)NC6=O)C7=O)CC5)C5CCCCC5)N4C3=O)cc2c1. The third kappa shape index (κ3) is 12.5. The third-order valence-electron chi connectivity index (χ3n) is 17.0. The maximum atomic E-state index is 14.6. The number of hydrogen-bond donors (Lipinski definition) is 6. The lowest BCUT2D eigenvalue weighted by atomic mass is 9.76. The second-order valence-corrected chi connectivity index (χ2v) is 22.1. The summed E-state index contributed by atoms with van der Waals surface area (Å²) in [5.41, 5.74) is 8.89. The molecule has 19 nitrogen and oxygen atoms in total. The van der Waals surface area contributed by atoms with E-state index in [-0.39, 0.29) is 99.4 Å². The number of primary amides is 1. The van der Waals surface area contributed by atoms with Crippen molar-refractivity contribution in [3.8, 4) is 11.8 Å². The van der Waals surface area contributed by atoms with Gasteiger partial charge in [0.2, 0.25) is 35.4 Å². The summed E-state index contributed by atoms with van der Waals surface area (Å²) < 4.78 is 0. The average Bonchev–Trinajstić information content (AvgIpc) is 4.18. The molecule has 1 aromatic heterocycles. The van der Waals surface area contributed by atoms with E-state index in [1.165, 1.54) is 16.7 Å². The minimum atomic E-state index is -1.17. The number of carbonyl (C=O) groups excluding carboxylic acids is 10. The molecule has 77 heavy (non-hydrogen) atoms. The number of imide groups is 1. The van der Waals surface area contributed by atoms with Gasteiger partial charge in [-0.3, -0.25) is 53.3 Å². The van der Waals surface area contributed by atoms with E-state index in [1.54, 1.807) is 36.4 Å². The van der Waals surface area contributed by atoms with Crippen LogP contribution in [0.1, 0.15) is 171 Å². The first-order chi connectivity index (χ1) is 37.0. The molecule has 8 amide bonds. The van der Waals surface area contributed by atoms with Crippen LogP contribution in [-0.4, -0.2) is 133 Å². The van der Waals surface area contributed by atoms with Crippen LogP contribution in [0.3, 0.4) is 0 Å². The highest BCUT2D eigenvalue weighted by Crippen LogP contribution is 2.37. The number of Topliss-reactive ketones (excluding diaryl/α,β-unsaturated/α-hetero) is 2. The largest absolute Gasteiger partial charge is 0.393 e. The number of piperidine rings is 2. The van der Waals surface area contributed by atoms with E-state index in [4.69, 9.17) is 5.73 Å². The quantitative estimate of drug-likeness (QED) is 0.0675. The van der Waals surface area contributed by atoms with E-state index in [0.717, 1.165) is 62.5 Å². The lowest BCUT2D eigenvalue weighted by Crippen LogP contribution is -2.58. The third-order valence-corrected chi connectivity index (χ3v) is 17.0. The molecule has 7 N–H and O–H groups in total. The first kappa shape index (κ1) is 54.6. The number of nitrogens with two attached hydrogens (primary N) is 1. The summed E-state index contributed by atoms with van der Waals surface area (Å²) in [5.74, 6) is 2.21. The number of likely N-dealkylation sites (tertiary alicyclic amines) is 1. The summed E-state index contributed by atoms with van der Waals surface area (Å²) in [6.07, 6.45) is 7.85. The van der Waals surface area contributed by atoms with E-state index in [2.05, 4.69) is 32.8 Å². The number of amides is 8.